The average Bonchev–Trinajstić information content (AvgIpc) is 3.40. The molecule has 8 heteroatoms. The molecule has 0 aliphatic carbocycles. The normalized spacial score (nSPS) is 13.5. The van der Waals surface area contributed by atoms with E-state index in [0.29, 0.717) is 34.2 Å². The van der Waals surface area contributed by atoms with Crippen LogP contribution in [-0.2, 0) is 4.79 Å². The van der Waals surface area contributed by atoms with Gasteiger partial charge in [0.15, 0.2) is 12.4 Å². The van der Waals surface area contributed by atoms with Crippen LogP contribution in [0.2, 0.25) is 0 Å². The molecule has 31 heavy (non-hydrogen) atoms. The van der Waals surface area contributed by atoms with E-state index in [4.69, 9.17) is 18.9 Å². The van der Waals surface area contributed by atoms with E-state index >= 15 is 0 Å². The summed E-state index contributed by atoms with van der Waals surface area (Å²) in [6.45, 7) is -0.222. The predicted molar refractivity (Wildman–Crippen MR) is 117 cm³/mol. The molecule has 0 atom stereocenters. The minimum Gasteiger partial charge on any atom is -0.497 e. The molecule has 1 aromatic heterocycles. The number of carbonyl (C=O) groups is 2. The quantitative estimate of drug-likeness (QED) is 0.552. The topological polar surface area (TPSA) is 83.1 Å². The van der Waals surface area contributed by atoms with Crippen molar-refractivity contribution in [2.75, 3.05) is 26.1 Å². The Morgan fingerprint density at radius 1 is 1.10 bits per heavy atom. The lowest BCUT2D eigenvalue weighted by Crippen LogP contribution is -2.20. The second kappa shape index (κ2) is 8.93. The second-order valence-electron chi connectivity index (χ2n) is 6.52. The zero-order chi connectivity index (χ0) is 21.8. The minimum atomic E-state index is -0.362. The Hall–Kier alpha value is -3.78. The zero-order valence-corrected chi connectivity index (χ0v) is 17.7. The van der Waals surface area contributed by atoms with Gasteiger partial charge in [-0.25, -0.2) is 0 Å². The van der Waals surface area contributed by atoms with Gasteiger partial charge in [0.1, 0.15) is 23.0 Å². The smallest absolute Gasteiger partial charge is 0.262 e. The van der Waals surface area contributed by atoms with E-state index in [1.807, 2.05) is 17.5 Å². The third-order valence-corrected chi connectivity index (χ3v) is 5.33. The van der Waals surface area contributed by atoms with Crippen LogP contribution in [0.4, 0.5) is 5.69 Å². The van der Waals surface area contributed by atoms with E-state index in [1.165, 1.54) is 18.4 Å². The fourth-order valence-electron chi connectivity index (χ4n) is 3.00. The molecule has 1 N–H and O–H groups in total. The highest BCUT2D eigenvalue weighted by molar-refractivity contribution is 7.10. The Balaban J connectivity index is 1.40. The number of thiophene rings is 1. The first-order valence-electron chi connectivity index (χ1n) is 9.34. The lowest BCUT2D eigenvalue weighted by Gasteiger charge is -2.12. The number of hydrogen-bond acceptors (Lipinski definition) is 7. The molecule has 1 aliphatic heterocycles. The van der Waals surface area contributed by atoms with Crippen molar-refractivity contribution in [3.05, 3.63) is 70.1 Å². The summed E-state index contributed by atoms with van der Waals surface area (Å²) in [6.07, 6.45) is 1.71. The van der Waals surface area contributed by atoms with Crippen molar-refractivity contribution in [3.8, 4) is 23.0 Å². The largest absolute Gasteiger partial charge is 0.497 e. The van der Waals surface area contributed by atoms with Gasteiger partial charge in [0.05, 0.1) is 25.5 Å². The Morgan fingerprint density at radius 2 is 1.94 bits per heavy atom. The third-order valence-electron chi connectivity index (χ3n) is 4.51. The maximum atomic E-state index is 12.5. The third kappa shape index (κ3) is 4.54. The number of nitrogens with one attached hydrogen (secondary N) is 1. The first-order valence-corrected chi connectivity index (χ1v) is 10.2. The number of carbonyl (C=O) groups excluding carboxylic acids is 2. The summed E-state index contributed by atoms with van der Waals surface area (Å²) in [7, 11) is 3.06. The van der Waals surface area contributed by atoms with Crippen LogP contribution in [0.25, 0.3) is 6.08 Å². The molecule has 158 valence electrons. The molecule has 2 heterocycles. The first kappa shape index (κ1) is 20.5. The number of ketones is 1. The number of hydrogen-bond donors (Lipinski definition) is 1. The first-order chi connectivity index (χ1) is 15.1. The second-order valence-corrected chi connectivity index (χ2v) is 7.50. The van der Waals surface area contributed by atoms with Crippen LogP contribution in [0.3, 0.4) is 0 Å². The summed E-state index contributed by atoms with van der Waals surface area (Å²) in [6, 6.07) is 13.8. The van der Waals surface area contributed by atoms with Gasteiger partial charge in [-0.15, -0.1) is 11.3 Å². The summed E-state index contributed by atoms with van der Waals surface area (Å²) < 4.78 is 21.7. The minimum absolute atomic E-state index is 0.181. The van der Waals surface area contributed by atoms with Crippen LogP contribution in [0.5, 0.6) is 23.0 Å². The molecule has 4 rings (SSSR count). The molecule has 0 spiro atoms. The Morgan fingerprint density at radius 3 is 2.68 bits per heavy atom. The molecular weight excluding hydrogens is 418 g/mol. The molecule has 0 saturated carbocycles. The van der Waals surface area contributed by atoms with Crippen molar-refractivity contribution >= 4 is 34.8 Å². The van der Waals surface area contributed by atoms with Gasteiger partial charge >= 0.3 is 0 Å². The highest BCUT2D eigenvalue weighted by Gasteiger charge is 2.28. The number of rotatable bonds is 7. The number of anilines is 1. The van der Waals surface area contributed by atoms with Crippen molar-refractivity contribution in [3.63, 3.8) is 0 Å². The number of fused-ring (bicyclic) bond motifs is 1. The van der Waals surface area contributed by atoms with Crippen LogP contribution in [0.1, 0.15) is 15.2 Å². The van der Waals surface area contributed by atoms with Crippen molar-refractivity contribution in [2.24, 2.45) is 0 Å². The van der Waals surface area contributed by atoms with E-state index in [9.17, 15) is 9.59 Å². The Bertz CT molecular complexity index is 1150. The van der Waals surface area contributed by atoms with Crippen molar-refractivity contribution in [1.82, 2.24) is 0 Å². The van der Waals surface area contributed by atoms with E-state index in [-0.39, 0.29) is 24.1 Å². The number of methoxy groups -OCH3 is 2. The van der Waals surface area contributed by atoms with E-state index < -0.39 is 0 Å². The molecule has 2 aromatic carbocycles. The van der Waals surface area contributed by atoms with Gasteiger partial charge in [0.25, 0.3) is 5.91 Å². The fraction of sp³-hybridized carbons (Fsp3) is 0.130. The molecular formula is C23H19NO6S. The SMILES string of the molecule is COc1ccc(NC(=O)COc2ccc3c(c2)OC(=Cc2cccs2)C3=O)c(OC)c1. The van der Waals surface area contributed by atoms with Crippen molar-refractivity contribution in [2.45, 2.75) is 0 Å². The summed E-state index contributed by atoms with van der Waals surface area (Å²) in [5.74, 6) is 1.63. The maximum absolute atomic E-state index is 12.5. The van der Waals surface area contributed by atoms with Crippen LogP contribution in [-0.4, -0.2) is 32.5 Å². The van der Waals surface area contributed by atoms with Crippen LogP contribution in [0.15, 0.2) is 59.7 Å². The number of Topliss-reactive ketones (excluding diaryl/α,β-unsaturated/α-hetero) is 1. The highest BCUT2D eigenvalue weighted by Crippen LogP contribution is 2.35. The van der Waals surface area contributed by atoms with Gasteiger partial charge in [-0.05, 0) is 35.7 Å². The van der Waals surface area contributed by atoms with Gasteiger partial charge in [-0.1, -0.05) is 6.07 Å². The van der Waals surface area contributed by atoms with E-state index in [2.05, 4.69) is 5.32 Å². The lowest BCUT2D eigenvalue weighted by atomic mass is 10.1. The van der Waals surface area contributed by atoms with Gasteiger partial charge in [0.2, 0.25) is 5.78 Å². The molecule has 0 radical (unpaired) electrons. The standard InChI is InChI=1S/C23H19NO6S/c1-27-14-6-8-18(20(10-14)28-2)24-22(25)13-29-15-5-7-17-19(11-15)30-21(23(17)26)12-16-4-3-9-31-16/h3-12H,13H2,1-2H3,(H,24,25). The molecule has 0 unspecified atom stereocenters. The lowest BCUT2D eigenvalue weighted by molar-refractivity contribution is -0.118. The Labute approximate surface area is 182 Å². The van der Waals surface area contributed by atoms with Crippen LogP contribution in [0, 0.1) is 0 Å². The van der Waals surface area contributed by atoms with Gasteiger partial charge in [-0.3, -0.25) is 9.59 Å². The number of amides is 1. The monoisotopic (exact) mass is 437 g/mol. The van der Waals surface area contributed by atoms with E-state index in [1.54, 1.807) is 49.6 Å². The molecule has 1 aliphatic rings. The predicted octanol–water partition coefficient (Wildman–Crippen LogP) is 4.40. The zero-order valence-electron chi connectivity index (χ0n) is 16.8. The number of benzene rings is 2. The van der Waals surface area contributed by atoms with Crippen molar-refractivity contribution in [1.29, 1.82) is 0 Å². The fourth-order valence-corrected chi connectivity index (χ4v) is 3.64. The molecule has 0 fully saturated rings. The van der Waals surface area contributed by atoms with Crippen molar-refractivity contribution < 1.29 is 28.5 Å². The Kier molecular flexibility index (Phi) is 5.90. The molecule has 7 nitrogen and oxygen atoms in total. The molecule has 3 aromatic rings. The summed E-state index contributed by atoms with van der Waals surface area (Å²) in [5, 5.41) is 4.66. The van der Waals surface area contributed by atoms with Gasteiger partial charge in [0, 0.05) is 23.1 Å². The van der Waals surface area contributed by atoms with Crippen LogP contribution >= 0.6 is 11.3 Å². The molecule has 0 saturated heterocycles. The molecule has 1 amide bonds. The van der Waals surface area contributed by atoms with Gasteiger partial charge < -0.3 is 24.3 Å². The summed E-state index contributed by atoms with van der Waals surface area (Å²) in [4.78, 5) is 25.7. The van der Waals surface area contributed by atoms with Crippen LogP contribution < -0.4 is 24.3 Å². The number of ether oxygens (including phenoxy) is 4. The maximum Gasteiger partial charge on any atom is 0.262 e. The van der Waals surface area contributed by atoms with Gasteiger partial charge in [-0.2, -0.15) is 0 Å². The summed E-state index contributed by atoms with van der Waals surface area (Å²) >= 11 is 1.52. The summed E-state index contributed by atoms with van der Waals surface area (Å²) in [5.41, 5.74) is 0.964. The van der Waals surface area contributed by atoms with E-state index in [0.717, 1.165) is 4.88 Å². The molecule has 0 bridgehead atoms. The number of allylic oxidation sites excluding steroid dienone is 1. The highest BCUT2D eigenvalue weighted by atomic mass is 32.1. The average molecular weight is 437 g/mol.